The van der Waals surface area contributed by atoms with E-state index in [1.165, 1.54) is 6.07 Å². The molecule has 158 valence electrons. The number of rotatable bonds is 8. The Labute approximate surface area is 175 Å². The molecule has 1 atom stereocenters. The van der Waals surface area contributed by atoms with Gasteiger partial charge in [-0.3, -0.25) is 14.4 Å². The Bertz CT molecular complexity index is 926. The average Bonchev–Trinajstić information content (AvgIpc) is 2.77. The van der Waals surface area contributed by atoms with E-state index in [0.717, 1.165) is 19.3 Å². The van der Waals surface area contributed by atoms with Crippen molar-refractivity contribution in [2.45, 2.75) is 32.2 Å². The van der Waals surface area contributed by atoms with Crippen molar-refractivity contribution in [3.63, 3.8) is 0 Å². The molecule has 7 nitrogen and oxygen atoms in total. The summed E-state index contributed by atoms with van der Waals surface area (Å²) in [6.07, 6.45) is 3.73. The zero-order chi connectivity index (χ0) is 21.5. The van der Waals surface area contributed by atoms with Gasteiger partial charge in [0.2, 0.25) is 0 Å². The number of aldehydes is 2. The van der Waals surface area contributed by atoms with E-state index in [1.807, 2.05) is 6.92 Å². The molecule has 2 aromatic rings. The van der Waals surface area contributed by atoms with Gasteiger partial charge in [0.25, 0.3) is 5.91 Å². The summed E-state index contributed by atoms with van der Waals surface area (Å²) in [5.41, 5.74) is 0.624. The summed E-state index contributed by atoms with van der Waals surface area (Å²) in [4.78, 5) is 37.9. The fraction of sp³-hybridized carbons (Fsp3) is 0.348. The summed E-state index contributed by atoms with van der Waals surface area (Å²) < 4.78 is 11.3. The van der Waals surface area contributed by atoms with Gasteiger partial charge in [-0.25, -0.2) is 0 Å². The van der Waals surface area contributed by atoms with Crippen LogP contribution in [0.15, 0.2) is 36.4 Å². The monoisotopic (exact) mass is 411 g/mol. The van der Waals surface area contributed by atoms with E-state index in [-0.39, 0.29) is 41.2 Å². The van der Waals surface area contributed by atoms with Crippen LogP contribution in [0.1, 0.15) is 57.3 Å². The number of phenols is 1. The molecule has 0 aliphatic carbocycles. The Morgan fingerprint density at radius 1 is 1.07 bits per heavy atom. The first-order chi connectivity index (χ1) is 14.6. The maximum absolute atomic E-state index is 13.3. The molecule has 0 bridgehead atoms. The average molecular weight is 411 g/mol. The molecule has 0 spiro atoms. The predicted molar refractivity (Wildman–Crippen MR) is 111 cm³/mol. The number of hydrogen-bond acceptors (Lipinski definition) is 6. The van der Waals surface area contributed by atoms with Crippen LogP contribution in [0, 0.1) is 0 Å². The number of phenolic OH excluding ortho intramolecular Hbond substituents is 1. The van der Waals surface area contributed by atoms with E-state index < -0.39 is 0 Å². The zero-order valence-corrected chi connectivity index (χ0v) is 16.9. The topological polar surface area (TPSA) is 93.1 Å². The van der Waals surface area contributed by atoms with Crippen molar-refractivity contribution in [1.29, 1.82) is 0 Å². The Balaban J connectivity index is 1.82. The van der Waals surface area contributed by atoms with Gasteiger partial charge in [-0.05, 0) is 50.5 Å². The van der Waals surface area contributed by atoms with E-state index >= 15 is 0 Å². The van der Waals surface area contributed by atoms with Crippen molar-refractivity contribution in [3.8, 4) is 17.2 Å². The highest BCUT2D eigenvalue weighted by atomic mass is 16.5. The lowest BCUT2D eigenvalue weighted by Crippen LogP contribution is -2.47. The van der Waals surface area contributed by atoms with Crippen molar-refractivity contribution in [2.75, 3.05) is 19.8 Å². The number of ether oxygens (including phenoxy) is 2. The van der Waals surface area contributed by atoms with Gasteiger partial charge in [0.1, 0.15) is 23.9 Å². The highest BCUT2D eigenvalue weighted by Crippen LogP contribution is 2.28. The number of piperidine rings is 1. The second-order valence-electron chi connectivity index (χ2n) is 7.03. The Hall–Kier alpha value is -3.35. The first-order valence-electron chi connectivity index (χ1n) is 10.0. The molecule has 1 saturated heterocycles. The summed E-state index contributed by atoms with van der Waals surface area (Å²) in [6.45, 7) is 2.93. The summed E-state index contributed by atoms with van der Waals surface area (Å²) in [5, 5.41) is 9.82. The quantitative estimate of drug-likeness (QED) is 0.669. The minimum absolute atomic E-state index is 0.0823. The molecular formula is C23H25NO6. The molecule has 0 aromatic heterocycles. The lowest BCUT2D eigenvalue weighted by Gasteiger charge is -2.36. The number of nitrogens with zero attached hydrogens (tertiary/aromatic N) is 1. The molecule has 0 unspecified atom stereocenters. The normalized spacial score (nSPS) is 16.0. The summed E-state index contributed by atoms with van der Waals surface area (Å²) >= 11 is 0. The van der Waals surface area contributed by atoms with Crippen LogP contribution in [0.4, 0.5) is 0 Å². The van der Waals surface area contributed by atoms with E-state index in [1.54, 1.807) is 35.2 Å². The van der Waals surface area contributed by atoms with Crippen LogP contribution in [0.2, 0.25) is 0 Å². The summed E-state index contributed by atoms with van der Waals surface area (Å²) in [5.74, 6) is 0.259. The predicted octanol–water partition coefficient (Wildman–Crippen LogP) is 3.49. The number of carbonyl (C=O) groups excluding carboxylic acids is 3. The van der Waals surface area contributed by atoms with E-state index in [9.17, 15) is 19.5 Å². The fourth-order valence-corrected chi connectivity index (χ4v) is 3.69. The standard InChI is InChI=1S/C23H25NO6/c1-2-29-21-10-5-8-17(18(21)13-25)23(28)24-12-4-3-7-16(24)15-30-22-11-6-9-20(27)19(22)14-26/h5-6,8-11,13-14,16,27H,2-4,7,12,15H2,1H3/t16-/m0/s1. The third-order valence-corrected chi connectivity index (χ3v) is 5.19. The molecule has 1 fully saturated rings. The maximum Gasteiger partial charge on any atom is 0.255 e. The molecule has 1 aliphatic rings. The van der Waals surface area contributed by atoms with Crippen LogP contribution >= 0.6 is 0 Å². The molecule has 7 heteroatoms. The van der Waals surface area contributed by atoms with Crippen LogP contribution in [-0.2, 0) is 0 Å². The minimum atomic E-state index is -0.251. The lowest BCUT2D eigenvalue weighted by atomic mass is 9.99. The Morgan fingerprint density at radius 2 is 1.77 bits per heavy atom. The van der Waals surface area contributed by atoms with Gasteiger partial charge in [-0.1, -0.05) is 12.1 Å². The van der Waals surface area contributed by atoms with Crippen LogP contribution in [0.3, 0.4) is 0 Å². The SMILES string of the molecule is CCOc1cccc(C(=O)N2CCCC[C@H]2COc2cccc(O)c2C=O)c1C=O. The van der Waals surface area contributed by atoms with Crippen LogP contribution in [0.25, 0.3) is 0 Å². The van der Waals surface area contributed by atoms with Crippen molar-refractivity contribution in [3.05, 3.63) is 53.1 Å². The molecule has 1 heterocycles. The van der Waals surface area contributed by atoms with Crippen LogP contribution < -0.4 is 9.47 Å². The van der Waals surface area contributed by atoms with E-state index in [0.29, 0.717) is 37.0 Å². The molecule has 1 aliphatic heterocycles. The van der Waals surface area contributed by atoms with Gasteiger partial charge in [0, 0.05) is 6.54 Å². The number of carbonyl (C=O) groups is 3. The second-order valence-corrected chi connectivity index (χ2v) is 7.03. The van der Waals surface area contributed by atoms with Crippen LogP contribution in [-0.4, -0.2) is 54.3 Å². The van der Waals surface area contributed by atoms with Gasteiger partial charge in [0.05, 0.1) is 29.3 Å². The van der Waals surface area contributed by atoms with Gasteiger partial charge in [-0.2, -0.15) is 0 Å². The number of amides is 1. The molecule has 3 rings (SSSR count). The number of hydrogen-bond donors (Lipinski definition) is 1. The molecule has 1 amide bonds. The largest absolute Gasteiger partial charge is 0.507 e. The third-order valence-electron chi connectivity index (χ3n) is 5.19. The third kappa shape index (κ3) is 4.45. The van der Waals surface area contributed by atoms with Gasteiger partial charge >= 0.3 is 0 Å². The van der Waals surface area contributed by atoms with Crippen molar-refractivity contribution in [2.24, 2.45) is 0 Å². The molecular weight excluding hydrogens is 386 g/mol. The van der Waals surface area contributed by atoms with E-state index in [2.05, 4.69) is 0 Å². The summed E-state index contributed by atoms with van der Waals surface area (Å²) in [6, 6.07) is 9.39. The smallest absolute Gasteiger partial charge is 0.255 e. The molecule has 1 N–H and O–H groups in total. The summed E-state index contributed by atoms with van der Waals surface area (Å²) in [7, 11) is 0. The van der Waals surface area contributed by atoms with Crippen molar-refractivity contribution >= 4 is 18.5 Å². The van der Waals surface area contributed by atoms with Crippen molar-refractivity contribution < 1.29 is 29.0 Å². The number of benzene rings is 2. The Kier molecular flexibility index (Phi) is 7.06. The van der Waals surface area contributed by atoms with Gasteiger partial charge in [-0.15, -0.1) is 0 Å². The van der Waals surface area contributed by atoms with Gasteiger partial charge < -0.3 is 19.5 Å². The highest BCUT2D eigenvalue weighted by molar-refractivity contribution is 6.03. The molecule has 30 heavy (non-hydrogen) atoms. The molecule has 0 radical (unpaired) electrons. The Morgan fingerprint density at radius 3 is 2.47 bits per heavy atom. The fourth-order valence-electron chi connectivity index (χ4n) is 3.69. The zero-order valence-electron chi connectivity index (χ0n) is 16.9. The molecule has 0 saturated carbocycles. The first kappa shape index (κ1) is 21.4. The van der Waals surface area contributed by atoms with Crippen molar-refractivity contribution in [1.82, 2.24) is 4.90 Å². The first-order valence-corrected chi connectivity index (χ1v) is 10.0. The minimum Gasteiger partial charge on any atom is -0.507 e. The number of aromatic hydroxyl groups is 1. The van der Waals surface area contributed by atoms with Crippen LogP contribution in [0.5, 0.6) is 17.2 Å². The van der Waals surface area contributed by atoms with E-state index in [4.69, 9.17) is 9.47 Å². The highest BCUT2D eigenvalue weighted by Gasteiger charge is 2.30. The number of likely N-dealkylation sites (tertiary alicyclic amines) is 1. The molecule has 2 aromatic carbocycles. The lowest BCUT2D eigenvalue weighted by molar-refractivity contribution is 0.0524. The van der Waals surface area contributed by atoms with Gasteiger partial charge in [0.15, 0.2) is 12.6 Å². The maximum atomic E-state index is 13.3. The second kappa shape index (κ2) is 9.91.